The second-order valence-electron chi connectivity index (χ2n) is 15.5. The Morgan fingerprint density at radius 3 is 2.56 bits per heavy atom. The highest BCUT2D eigenvalue weighted by molar-refractivity contribution is 5.96. The smallest absolute Gasteiger partial charge is 0.407 e. The largest absolute Gasteiger partial charge is 0.488 e. The zero-order valence-electron chi connectivity index (χ0n) is 32.3. The molecule has 13 heteroatoms. The van der Waals surface area contributed by atoms with E-state index in [-0.39, 0.29) is 35.9 Å². The zero-order chi connectivity index (χ0) is 39.2. The van der Waals surface area contributed by atoms with Crippen LogP contribution >= 0.6 is 0 Å². The van der Waals surface area contributed by atoms with Gasteiger partial charge in [-0.15, -0.1) is 6.58 Å². The van der Waals surface area contributed by atoms with E-state index in [1.54, 1.807) is 0 Å². The van der Waals surface area contributed by atoms with Crippen LogP contribution in [0.5, 0.6) is 11.5 Å². The Kier molecular flexibility index (Phi) is 9.67. The Morgan fingerprint density at radius 1 is 1.04 bits per heavy atom. The summed E-state index contributed by atoms with van der Waals surface area (Å²) in [5.74, 6) is 3.38. The van der Waals surface area contributed by atoms with Crippen LogP contribution in [0.3, 0.4) is 0 Å². The fraction of sp³-hybridized carbons (Fsp3) is 0.386. The van der Waals surface area contributed by atoms with Crippen molar-refractivity contribution in [3.63, 3.8) is 0 Å². The standard InChI is InChI=1S/C44H47N7O6/c1-4-10-37(52)51-22-25(5-2)15-34(51)42-46-21-32(48-42)28-17-30-24-56-35-18-27(16-29-23-57-36(19-28)39(30)38(29)35)31-20-45-41(47-31)33-13-9-14-50(33)43(53)40(49-44(54)55-3)26-11-7-6-8-12-26/h5-8,11-12,16-19,21,25,31,33-34,40H,2,4,9-10,13-15,20,22-24H2,1,3H3,(H,45,47)(H,46,48)(H,49,54)/t25-,31?,33-,34?,40?/m0/s1. The maximum Gasteiger partial charge on any atom is 0.407 e. The summed E-state index contributed by atoms with van der Waals surface area (Å²) in [5, 5.41) is 6.37. The predicted molar refractivity (Wildman–Crippen MR) is 213 cm³/mol. The first-order valence-corrected chi connectivity index (χ1v) is 19.9. The molecule has 5 aliphatic rings. The molecule has 0 aliphatic carbocycles. The molecule has 0 saturated carbocycles. The number of carbonyl (C=O) groups excluding carboxylic acids is 3. The van der Waals surface area contributed by atoms with Crippen molar-refractivity contribution in [2.24, 2.45) is 10.9 Å². The predicted octanol–water partition coefficient (Wildman–Crippen LogP) is 6.54. The van der Waals surface area contributed by atoms with Crippen LogP contribution in [0.15, 0.2) is 78.4 Å². The number of carbonyl (C=O) groups is 3. The number of amides is 3. The number of nitrogens with one attached hydrogen (secondary N) is 3. The molecule has 9 rings (SSSR count). The number of benzene rings is 3. The summed E-state index contributed by atoms with van der Waals surface area (Å²) >= 11 is 0. The lowest BCUT2D eigenvalue weighted by molar-refractivity contribution is -0.133. The van der Waals surface area contributed by atoms with Gasteiger partial charge >= 0.3 is 6.09 Å². The van der Waals surface area contributed by atoms with Crippen molar-refractivity contribution in [3.05, 3.63) is 102 Å². The number of ether oxygens (including phenoxy) is 3. The number of aromatic amines is 1. The number of aromatic nitrogens is 2. The van der Waals surface area contributed by atoms with Gasteiger partial charge in [0.25, 0.3) is 5.91 Å². The molecule has 3 unspecified atom stereocenters. The summed E-state index contributed by atoms with van der Waals surface area (Å²) in [4.78, 5) is 56.3. The van der Waals surface area contributed by atoms with Crippen LogP contribution in [-0.2, 0) is 27.5 Å². The Balaban J connectivity index is 0.925. The van der Waals surface area contributed by atoms with E-state index >= 15 is 0 Å². The van der Waals surface area contributed by atoms with Gasteiger partial charge in [0.05, 0.1) is 43.7 Å². The quantitative estimate of drug-likeness (QED) is 0.154. The number of H-pyrrole nitrogens is 1. The van der Waals surface area contributed by atoms with E-state index in [1.807, 2.05) is 59.3 Å². The molecule has 3 aromatic carbocycles. The lowest BCUT2D eigenvalue weighted by Gasteiger charge is -2.31. The zero-order valence-corrected chi connectivity index (χ0v) is 32.3. The number of aliphatic imine (C=N–C) groups is 1. The van der Waals surface area contributed by atoms with E-state index in [1.165, 1.54) is 7.11 Å². The average Bonchev–Trinajstić information content (AvgIpc) is 4.08. The topological polar surface area (TPSA) is 150 Å². The fourth-order valence-electron chi connectivity index (χ4n) is 9.08. The average molecular weight is 770 g/mol. The molecule has 2 saturated heterocycles. The molecule has 5 aliphatic heterocycles. The van der Waals surface area contributed by atoms with E-state index in [9.17, 15) is 14.4 Å². The molecule has 0 bridgehead atoms. The molecule has 1 aromatic heterocycles. The van der Waals surface area contributed by atoms with E-state index in [2.05, 4.69) is 46.5 Å². The number of amidine groups is 1. The van der Waals surface area contributed by atoms with Gasteiger partial charge in [-0.3, -0.25) is 14.6 Å². The normalized spacial score (nSPS) is 22.1. The van der Waals surface area contributed by atoms with Gasteiger partial charge in [-0.2, -0.15) is 0 Å². The van der Waals surface area contributed by atoms with Crippen molar-refractivity contribution in [3.8, 4) is 33.9 Å². The lowest BCUT2D eigenvalue weighted by Crippen LogP contribution is -2.49. The van der Waals surface area contributed by atoms with Gasteiger partial charge in [0.15, 0.2) is 0 Å². The van der Waals surface area contributed by atoms with Crippen LogP contribution in [0.2, 0.25) is 0 Å². The number of hydrogen-bond donors (Lipinski definition) is 3. The van der Waals surface area contributed by atoms with Gasteiger partial charge in [0.2, 0.25) is 5.91 Å². The molecule has 6 heterocycles. The molecular weight excluding hydrogens is 723 g/mol. The first-order chi connectivity index (χ1) is 27.8. The van der Waals surface area contributed by atoms with Crippen LogP contribution in [-0.4, -0.2) is 76.3 Å². The van der Waals surface area contributed by atoms with Gasteiger partial charge in [-0.05, 0) is 67.0 Å². The number of alkyl carbamates (subject to hydrolysis) is 1. The fourth-order valence-corrected chi connectivity index (χ4v) is 9.08. The summed E-state index contributed by atoms with van der Waals surface area (Å²) in [6.45, 7) is 8.55. The molecule has 2 fully saturated rings. The van der Waals surface area contributed by atoms with Crippen molar-refractivity contribution in [2.75, 3.05) is 26.7 Å². The number of rotatable bonds is 10. The molecule has 0 radical (unpaired) electrons. The van der Waals surface area contributed by atoms with Crippen molar-refractivity contribution in [2.45, 2.75) is 76.4 Å². The monoisotopic (exact) mass is 769 g/mol. The summed E-state index contributed by atoms with van der Waals surface area (Å²) in [7, 11) is 1.29. The number of methoxy groups -OCH3 is 1. The first-order valence-electron chi connectivity index (χ1n) is 19.9. The number of nitrogens with zero attached hydrogens (tertiary/aromatic N) is 4. The third-order valence-electron chi connectivity index (χ3n) is 11.9. The highest BCUT2D eigenvalue weighted by Crippen LogP contribution is 2.50. The minimum atomic E-state index is -0.876. The minimum Gasteiger partial charge on any atom is -0.488 e. The third-order valence-corrected chi connectivity index (χ3v) is 11.9. The maximum atomic E-state index is 14.0. The Bertz CT molecular complexity index is 2220. The van der Waals surface area contributed by atoms with Crippen LogP contribution < -0.4 is 20.1 Å². The molecule has 3 N–H and O–H groups in total. The van der Waals surface area contributed by atoms with E-state index in [0.29, 0.717) is 44.8 Å². The van der Waals surface area contributed by atoms with Crippen LogP contribution in [0.4, 0.5) is 4.79 Å². The lowest BCUT2D eigenvalue weighted by atomic mass is 9.87. The third kappa shape index (κ3) is 6.68. The molecule has 3 amide bonds. The van der Waals surface area contributed by atoms with E-state index < -0.39 is 12.1 Å². The second kappa shape index (κ2) is 15.1. The highest BCUT2D eigenvalue weighted by Gasteiger charge is 2.40. The Labute approximate surface area is 331 Å². The van der Waals surface area contributed by atoms with Crippen molar-refractivity contribution >= 4 is 23.7 Å². The van der Waals surface area contributed by atoms with Gasteiger partial charge < -0.3 is 39.6 Å². The molecule has 13 nitrogen and oxygen atoms in total. The summed E-state index contributed by atoms with van der Waals surface area (Å²) in [5.41, 5.74) is 7.75. The van der Waals surface area contributed by atoms with Crippen molar-refractivity contribution in [1.29, 1.82) is 0 Å². The Morgan fingerprint density at radius 2 is 1.81 bits per heavy atom. The maximum absolute atomic E-state index is 14.0. The van der Waals surface area contributed by atoms with Crippen molar-refractivity contribution < 1.29 is 28.6 Å². The number of hydrogen-bond acceptors (Lipinski definition) is 9. The molecule has 0 spiro atoms. The van der Waals surface area contributed by atoms with Gasteiger partial charge in [0, 0.05) is 47.3 Å². The summed E-state index contributed by atoms with van der Waals surface area (Å²) in [6, 6.07) is 16.4. The van der Waals surface area contributed by atoms with Crippen LogP contribution in [0.1, 0.15) is 85.2 Å². The SMILES string of the molecule is C=C[C@H]1CC(c2ncc(-c3cc4c5c(c3)OCc3cc(C6CN=C([C@@H]7CCCN7C(=O)C(NC(=O)OC)c7ccccc7)N6)cc(c3-5)OC4)[nH]2)N(C(=O)CCC)C1. The molecule has 5 atom stereocenters. The molecule has 57 heavy (non-hydrogen) atoms. The minimum absolute atomic E-state index is 0.102. The van der Waals surface area contributed by atoms with Gasteiger partial charge in [0.1, 0.15) is 42.4 Å². The highest BCUT2D eigenvalue weighted by atomic mass is 16.5. The summed E-state index contributed by atoms with van der Waals surface area (Å²) < 4.78 is 17.8. The van der Waals surface area contributed by atoms with Crippen LogP contribution in [0, 0.1) is 5.92 Å². The number of imidazole rings is 1. The molecule has 294 valence electrons. The van der Waals surface area contributed by atoms with E-state index in [0.717, 1.165) is 87.9 Å². The van der Waals surface area contributed by atoms with Gasteiger partial charge in [-0.25, -0.2) is 9.78 Å². The van der Waals surface area contributed by atoms with Crippen LogP contribution in [0.25, 0.3) is 22.4 Å². The van der Waals surface area contributed by atoms with E-state index in [4.69, 9.17) is 24.2 Å². The van der Waals surface area contributed by atoms with Crippen molar-refractivity contribution in [1.82, 2.24) is 30.4 Å². The molecule has 4 aromatic rings. The second-order valence-corrected chi connectivity index (χ2v) is 15.5. The first kappa shape index (κ1) is 36.5. The summed E-state index contributed by atoms with van der Waals surface area (Å²) in [6.07, 6.45) is 6.85. The molecular formula is C44H47N7O6. The number of likely N-dealkylation sites (tertiary alicyclic amines) is 2. The van der Waals surface area contributed by atoms with Gasteiger partial charge in [-0.1, -0.05) is 43.3 Å². The Hall–Kier alpha value is -6.11.